The van der Waals surface area contributed by atoms with Crippen LogP contribution in [-0.2, 0) is 12.8 Å². The molecule has 0 fully saturated rings. The molecule has 0 aromatic heterocycles. The van der Waals surface area contributed by atoms with Gasteiger partial charge in [-0.3, -0.25) is 0 Å². The van der Waals surface area contributed by atoms with Gasteiger partial charge in [0.15, 0.2) is 0 Å². The van der Waals surface area contributed by atoms with E-state index in [-0.39, 0.29) is 0 Å². The Bertz CT molecular complexity index is 385. The summed E-state index contributed by atoms with van der Waals surface area (Å²) in [5, 5.41) is 0. The lowest BCUT2D eigenvalue weighted by atomic mass is 9.97. The van der Waals surface area contributed by atoms with Gasteiger partial charge in [-0.1, -0.05) is 49.3 Å². The van der Waals surface area contributed by atoms with Crippen LogP contribution >= 0.6 is 0 Å². The third-order valence-corrected chi connectivity index (χ3v) is 3.30. The van der Waals surface area contributed by atoms with Crippen LogP contribution < -0.4 is 0 Å². The molecule has 0 radical (unpaired) electrons. The monoisotopic (exact) mass is 200 g/mol. The Morgan fingerprint density at radius 2 is 2.07 bits per heavy atom. The van der Waals surface area contributed by atoms with E-state index in [2.05, 4.69) is 45.0 Å². The lowest BCUT2D eigenvalue weighted by Gasteiger charge is -2.08. The summed E-state index contributed by atoms with van der Waals surface area (Å²) < 4.78 is 0. The van der Waals surface area contributed by atoms with Crippen molar-refractivity contribution < 1.29 is 0 Å². The maximum Gasteiger partial charge on any atom is -0.00643 e. The highest BCUT2D eigenvalue weighted by Gasteiger charge is 2.12. The number of fused-ring (bicyclic) bond motifs is 1. The second kappa shape index (κ2) is 4.22. The van der Waals surface area contributed by atoms with E-state index in [0.717, 1.165) is 6.42 Å². The molecular weight excluding hydrogens is 180 g/mol. The van der Waals surface area contributed by atoms with Gasteiger partial charge in [0, 0.05) is 0 Å². The molecule has 1 aromatic rings. The Kier molecular flexibility index (Phi) is 2.95. The molecule has 0 aliphatic heterocycles. The minimum Gasteiger partial charge on any atom is -0.0818 e. The van der Waals surface area contributed by atoms with Crippen molar-refractivity contribution in [1.29, 1.82) is 0 Å². The molecule has 1 aliphatic carbocycles. The van der Waals surface area contributed by atoms with Crippen LogP contribution in [0.1, 0.15) is 37.0 Å². The number of allylic oxidation sites excluding steroid dienone is 2. The highest BCUT2D eigenvalue weighted by molar-refractivity contribution is 5.37. The minimum atomic E-state index is 0.698. The second-order valence-electron chi connectivity index (χ2n) is 4.81. The second-order valence-corrected chi connectivity index (χ2v) is 4.81. The number of rotatable bonds is 1. The average molecular weight is 200 g/mol. The smallest absolute Gasteiger partial charge is 0.00643 e. The van der Waals surface area contributed by atoms with E-state index in [1.807, 2.05) is 0 Å². The predicted octanol–water partition coefficient (Wildman–Crippen LogP) is 4.07. The van der Waals surface area contributed by atoms with Crippen LogP contribution in [0, 0.1) is 12.8 Å². The van der Waals surface area contributed by atoms with Crippen molar-refractivity contribution in [1.82, 2.24) is 0 Å². The van der Waals surface area contributed by atoms with Crippen molar-refractivity contribution in [3.05, 3.63) is 46.5 Å². The fourth-order valence-electron chi connectivity index (χ4n) is 2.47. The number of hydrogen-bond acceptors (Lipinski definition) is 0. The van der Waals surface area contributed by atoms with Gasteiger partial charge < -0.3 is 0 Å². The summed E-state index contributed by atoms with van der Waals surface area (Å²) in [5.41, 5.74) is 6.09. The maximum absolute atomic E-state index is 2.47. The van der Waals surface area contributed by atoms with Crippen molar-refractivity contribution in [2.45, 2.75) is 40.0 Å². The zero-order valence-corrected chi connectivity index (χ0v) is 10.0. The van der Waals surface area contributed by atoms with E-state index in [4.69, 9.17) is 0 Å². The summed E-state index contributed by atoms with van der Waals surface area (Å²) in [6, 6.07) is 6.91. The van der Waals surface area contributed by atoms with E-state index < -0.39 is 0 Å². The van der Waals surface area contributed by atoms with Crippen molar-refractivity contribution in [3.8, 4) is 0 Å². The largest absolute Gasteiger partial charge is 0.0818 e. The molecule has 0 saturated heterocycles. The molecule has 0 spiro atoms. The lowest BCUT2D eigenvalue weighted by molar-refractivity contribution is 0.721. The Balaban J connectivity index is 2.39. The molecule has 1 aromatic carbocycles. The van der Waals surface area contributed by atoms with Crippen LogP contribution in [0.4, 0.5) is 0 Å². The van der Waals surface area contributed by atoms with Gasteiger partial charge in [0.05, 0.1) is 0 Å². The van der Waals surface area contributed by atoms with Crippen molar-refractivity contribution in [2.24, 2.45) is 5.92 Å². The van der Waals surface area contributed by atoms with E-state index in [1.54, 1.807) is 16.7 Å². The van der Waals surface area contributed by atoms with E-state index in [9.17, 15) is 0 Å². The van der Waals surface area contributed by atoms with Gasteiger partial charge >= 0.3 is 0 Å². The van der Waals surface area contributed by atoms with Gasteiger partial charge in [0.1, 0.15) is 0 Å². The molecule has 80 valence electrons. The fourth-order valence-corrected chi connectivity index (χ4v) is 2.47. The van der Waals surface area contributed by atoms with Crippen LogP contribution in [0.3, 0.4) is 0 Å². The molecule has 2 rings (SSSR count). The predicted molar refractivity (Wildman–Crippen MR) is 66.1 cm³/mol. The summed E-state index contributed by atoms with van der Waals surface area (Å²) in [7, 11) is 0. The third-order valence-electron chi connectivity index (χ3n) is 3.30. The van der Waals surface area contributed by atoms with Gasteiger partial charge in [-0.2, -0.15) is 0 Å². The summed E-state index contributed by atoms with van der Waals surface area (Å²) in [5.74, 6) is 0.698. The highest BCUT2D eigenvalue weighted by Crippen LogP contribution is 2.25. The first-order valence-electron chi connectivity index (χ1n) is 5.97. The maximum atomic E-state index is 2.47. The summed E-state index contributed by atoms with van der Waals surface area (Å²) in [6.45, 7) is 6.77. The Labute approximate surface area is 93.0 Å². The van der Waals surface area contributed by atoms with E-state index >= 15 is 0 Å². The molecule has 1 atom stereocenters. The van der Waals surface area contributed by atoms with E-state index in [0.29, 0.717) is 5.92 Å². The Morgan fingerprint density at radius 3 is 2.80 bits per heavy atom. The molecule has 0 heterocycles. The molecule has 15 heavy (non-hydrogen) atoms. The summed E-state index contributed by atoms with van der Waals surface area (Å²) in [4.78, 5) is 0. The Morgan fingerprint density at radius 1 is 1.27 bits per heavy atom. The molecule has 0 heteroatoms. The number of hydrogen-bond donors (Lipinski definition) is 0. The first-order valence-corrected chi connectivity index (χ1v) is 5.97. The van der Waals surface area contributed by atoms with Gasteiger partial charge in [0.25, 0.3) is 0 Å². The van der Waals surface area contributed by atoms with Crippen molar-refractivity contribution >= 4 is 0 Å². The molecule has 0 saturated carbocycles. The average Bonchev–Trinajstić information content (AvgIpc) is 2.35. The van der Waals surface area contributed by atoms with E-state index in [1.165, 1.54) is 18.4 Å². The van der Waals surface area contributed by atoms with Crippen molar-refractivity contribution in [2.75, 3.05) is 0 Å². The SMILES string of the molecule is CCC1=C[C@H](C)Cc2ccc(C)cc2C1. The quantitative estimate of drug-likeness (QED) is 0.599. The molecule has 0 bridgehead atoms. The minimum absolute atomic E-state index is 0.698. The molecule has 1 aliphatic rings. The standard InChI is InChI=1S/C15H20/c1-4-13-7-12(3)9-14-6-5-11(2)8-15(14)10-13/h5-8,12H,4,9-10H2,1-3H3/t12-/m0/s1. The van der Waals surface area contributed by atoms with Crippen LogP contribution in [0.15, 0.2) is 29.8 Å². The first kappa shape index (κ1) is 10.5. The number of benzene rings is 1. The van der Waals surface area contributed by atoms with Gasteiger partial charge in [0.2, 0.25) is 0 Å². The fraction of sp³-hybridized carbons (Fsp3) is 0.467. The molecular formula is C15H20. The van der Waals surface area contributed by atoms with Gasteiger partial charge in [-0.05, 0) is 43.2 Å². The van der Waals surface area contributed by atoms with Crippen LogP contribution in [0.25, 0.3) is 0 Å². The zero-order valence-electron chi connectivity index (χ0n) is 10.0. The highest BCUT2D eigenvalue weighted by atomic mass is 14.2. The summed E-state index contributed by atoms with van der Waals surface area (Å²) in [6.07, 6.45) is 6.03. The zero-order chi connectivity index (χ0) is 10.8. The molecule has 0 unspecified atom stereocenters. The first-order chi connectivity index (χ1) is 7.19. The van der Waals surface area contributed by atoms with Gasteiger partial charge in [-0.25, -0.2) is 0 Å². The van der Waals surface area contributed by atoms with Crippen molar-refractivity contribution in [3.63, 3.8) is 0 Å². The van der Waals surface area contributed by atoms with Gasteiger partial charge in [-0.15, -0.1) is 0 Å². The Hall–Kier alpha value is -1.04. The van der Waals surface area contributed by atoms with Crippen LogP contribution in [-0.4, -0.2) is 0 Å². The normalized spacial score (nSPS) is 20.5. The lowest BCUT2D eigenvalue weighted by Crippen LogP contribution is -1.97. The molecule has 0 nitrogen and oxygen atoms in total. The summed E-state index contributed by atoms with van der Waals surface area (Å²) >= 11 is 0. The topological polar surface area (TPSA) is 0 Å². The van der Waals surface area contributed by atoms with Crippen LogP contribution in [0.5, 0.6) is 0 Å². The van der Waals surface area contributed by atoms with Crippen LogP contribution in [0.2, 0.25) is 0 Å². The molecule has 0 N–H and O–H groups in total. The number of aryl methyl sites for hydroxylation is 1. The molecule has 0 amide bonds. The third kappa shape index (κ3) is 2.31.